The number of carbonyl (C=O) groups is 2. The highest BCUT2D eigenvalue weighted by atomic mass is 16.5. The van der Waals surface area contributed by atoms with Crippen LogP contribution in [0.3, 0.4) is 0 Å². The van der Waals surface area contributed by atoms with E-state index >= 15 is 0 Å². The van der Waals surface area contributed by atoms with Crippen LogP contribution in [-0.4, -0.2) is 36.2 Å². The van der Waals surface area contributed by atoms with Crippen molar-refractivity contribution < 1.29 is 19.4 Å². The first-order chi connectivity index (χ1) is 9.99. The Morgan fingerprint density at radius 1 is 1.38 bits per heavy atom. The lowest BCUT2D eigenvalue weighted by Gasteiger charge is -2.34. The fourth-order valence-electron chi connectivity index (χ4n) is 2.31. The third-order valence-corrected chi connectivity index (χ3v) is 3.70. The fraction of sp³-hybridized carbons (Fsp3) is 0.375. The third kappa shape index (κ3) is 3.92. The van der Waals surface area contributed by atoms with E-state index in [0.717, 1.165) is 30.0 Å². The van der Waals surface area contributed by atoms with Gasteiger partial charge in [0.2, 0.25) is 0 Å². The number of carbonyl (C=O) groups excluding carboxylic acids is 1. The lowest BCUT2D eigenvalue weighted by molar-refractivity contribution is -0.131. The number of methoxy groups -OCH3 is 1. The summed E-state index contributed by atoms with van der Waals surface area (Å²) in [5.41, 5.74) is 2.24. The summed E-state index contributed by atoms with van der Waals surface area (Å²) in [6.45, 7) is 1.85. The second-order valence-corrected chi connectivity index (χ2v) is 5.24. The molecule has 112 valence electrons. The molecule has 0 aromatic heterocycles. The molecule has 1 aromatic rings. The maximum Gasteiger partial charge on any atom is 0.328 e. The molecule has 1 aromatic carbocycles. The molecule has 1 amide bonds. The molecule has 1 fully saturated rings. The topological polar surface area (TPSA) is 75.6 Å². The van der Waals surface area contributed by atoms with Crippen LogP contribution in [0.5, 0.6) is 0 Å². The minimum atomic E-state index is -0.992. The van der Waals surface area contributed by atoms with Gasteiger partial charge in [0.25, 0.3) is 5.91 Å². The largest absolute Gasteiger partial charge is 0.478 e. The number of hydrogen-bond donors (Lipinski definition) is 2. The Morgan fingerprint density at radius 3 is 2.67 bits per heavy atom. The van der Waals surface area contributed by atoms with Gasteiger partial charge in [-0.1, -0.05) is 6.07 Å². The molecule has 0 aliphatic heterocycles. The molecule has 1 aliphatic rings. The van der Waals surface area contributed by atoms with Crippen LogP contribution in [0.25, 0.3) is 6.08 Å². The van der Waals surface area contributed by atoms with Crippen molar-refractivity contribution in [1.29, 1.82) is 0 Å². The Morgan fingerprint density at radius 2 is 2.10 bits per heavy atom. The lowest BCUT2D eigenvalue weighted by Crippen LogP contribution is -2.47. The number of nitrogens with one attached hydrogen (secondary N) is 1. The van der Waals surface area contributed by atoms with Gasteiger partial charge in [0, 0.05) is 24.8 Å². The van der Waals surface area contributed by atoms with E-state index in [2.05, 4.69) is 5.32 Å². The molecule has 0 unspecified atom stereocenters. The molecular weight excluding hydrogens is 270 g/mol. The highest BCUT2D eigenvalue weighted by Gasteiger charge is 2.30. The summed E-state index contributed by atoms with van der Waals surface area (Å²) in [6.07, 6.45) is 4.55. The molecule has 2 rings (SSSR count). The van der Waals surface area contributed by atoms with Crippen LogP contribution in [-0.2, 0) is 9.53 Å². The Kier molecular flexibility index (Phi) is 4.75. The normalized spacial score (nSPS) is 21.0. The standard InChI is InChI=1S/C16H19NO4/c1-10-7-12(4-3-11(10)5-6-15(18)19)16(20)17-13-8-14(9-13)21-2/h3-7,13-14H,8-9H2,1-2H3,(H,17,20)(H,18,19)/b6-5+. The van der Waals surface area contributed by atoms with Crippen molar-refractivity contribution in [2.45, 2.75) is 31.9 Å². The summed E-state index contributed by atoms with van der Waals surface area (Å²) < 4.78 is 5.18. The average Bonchev–Trinajstić information content (AvgIpc) is 2.40. The highest BCUT2D eigenvalue weighted by Crippen LogP contribution is 2.23. The Bertz CT molecular complexity index is 574. The van der Waals surface area contributed by atoms with E-state index in [4.69, 9.17) is 9.84 Å². The van der Waals surface area contributed by atoms with E-state index in [1.54, 1.807) is 25.3 Å². The summed E-state index contributed by atoms with van der Waals surface area (Å²) >= 11 is 0. The molecule has 1 aliphatic carbocycles. The molecular formula is C16H19NO4. The molecule has 0 saturated heterocycles. The van der Waals surface area contributed by atoms with Gasteiger partial charge in [0.15, 0.2) is 0 Å². The monoisotopic (exact) mass is 289 g/mol. The summed E-state index contributed by atoms with van der Waals surface area (Å²) in [6, 6.07) is 5.40. The highest BCUT2D eigenvalue weighted by molar-refractivity contribution is 5.95. The van der Waals surface area contributed by atoms with E-state index in [0.29, 0.717) is 5.56 Å². The van der Waals surface area contributed by atoms with Crippen molar-refractivity contribution in [3.8, 4) is 0 Å². The zero-order valence-electron chi connectivity index (χ0n) is 12.1. The summed E-state index contributed by atoms with van der Waals surface area (Å²) in [4.78, 5) is 22.6. The van der Waals surface area contributed by atoms with Gasteiger partial charge >= 0.3 is 5.97 Å². The second-order valence-electron chi connectivity index (χ2n) is 5.24. The van der Waals surface area contributed by atoms with Crippen molar-refractivity contribution >= 4 is 18.0 Å². The van der Waals surface area contributed by atoms with Crippen LogP contribution in [0.1, 0.15) is 34.3 Å². The molecule has 0 bridgehead atoms. The Balaban J connectivity index is 1.99. The zero-order valence-corrected chi connectivity index (χ0v) is 12.1. The quantitative estimate of drug-likeness (QED) is 0.813. The van der Waals surface area contributed by atoms with Gasteiger partial charge < -0.3 is 15.2 Å². The Hall–Kier alpha value is -2.14. The number of aliphatic carboxylic acids is 1. The van der Waals surface area contributed by atoms with Gasteiger partial charge in [-0.3, -0.25) is 4.79 Å². The maximum atomic E-state index is 12.1. The minimum Gasteiger partial charge on any atom is -0.478 e. The first-order valence-electron chi connectivity index (χ1n) is 6.85. The summed E-state index contributed by atoms with van der Waals surface area (Å²) in [5.74, 6) is -1.10. The predicted octanol–water partition coefficient (Wildman–Crippen LogP) is 2.00. The van der Waals surface area contributed by atoms with Crippen LogP contribution in [0, 0.1) is 6.92 Å². The first kappa shape index (κ1) is 15.3. The van der Waals surface area contributed by atoms with Crippen LogP contribution >= 0.6 is 0 Å². The maximum absolute atomic E-state index is 12.1. The third-order valence-electron chi connectivity index (χ3n) is 3.70. The van der Waals surface area contributed by atoms with E-state index in [-0.39, 0.29) is 18.1 Å². The molecule has 0 spiro atoms. The number of rotatable bonds is 5. The lowest BCUT2D eigenvalue weighted by atomic mass is 9.89. The Labute approximate surface area is 123 Å². The smallest absolute Gasteiger partial charge is 0.328 e. The van der Waals surface area contributed by atoms with Gasteiger partial charge in [-0.25, -0.2) is 4.79 Å². The molecule has 5 heteroatoms. The number of amides is 1. The van der Waals surface area contributed by atoms with Gasteiger partial charge in [-0.15, -0.1) is 0 Å². The van der Waals surface area contributed by atoms with Crippen LogP contribution < -0.4 is 5.32 Å². The summed E-state index contributed by atoms with van der Waals surface area (Å²) in [7, 11) is 1.68. The first-order valence-corrected chi connectivity index (χ1v) is 6.85. The number of hydrogen-bond acceptors (Lipinski definition) is 3. The molecule has 0 radical (unpaired) electrons. The van der Waals surface area contributed by atoms with Crippen LogP contribution in [0.2, 0.25) is 0 Å². The SMILES string of the molecule is COC1CC(NC(=O)c2ccc(/C=C/C(=O)O)c(C)c2)C1. The number of ether oxygens (including phenoxy) is 1. The van der Waals surface area contributed by atoms with Gasteiger partial charge in [-0.2, -0.15) is 0 Å². The minimum absolute atomic E-state index is 0.105. The van der Waals surface area contributed by atoms with E-state index in [1.165, 1.54) is 6.08 Å². The number of aryl methyl sites for hydroxylation is 1. The summed E-state index contributed by atoms with van der Waals surface area (Å²) in [5, 5.41) is 11.6. The van der Waals surface area contributed by atoms with Crippen LogP contribution in [0.4, 0.5) is 0 Å². The van der Waals surface area contributed by atoms with E-state index in [1.807, 2.05) is 6.92 Å². The van der Waals surface area contributed by atoms with Gasteiger partial charge in [0.1, 0.15) is 0 Å². The zero-order chi connectivity index (χ0) is 15.4. The second kappa shape index (κ2) is 6.54. The van der Waals surface area contributed by atoms with Crippen molar-refractivity contribution in [2.75, 3.05) is 7.11 Å². The molecule has 0 atom stereocenters. The molecule has 21 heavy (non-hydrogen) atoms. The average molecular weight is 289 g/mol. The predicted molar refractivity (Wildman–Crippen MR) is 79.1 cm³/mol. The van der Waals surface area contributed by atoms with Gasteiger partial charge in [0.05, 0.1) is 6.10 Å². The van der Waals surface area contributed by atoms with Crippen molar-refractivity contribution in [3.63, 3.8) is 0 Å². The van der Waals surface area contributed by atoms with Crippen molar-refractivity contribution in [1.82, 2.24) is 5.32 Å². The van der Waals surface area contributed by atoms with Crippen molar-refractivity contribution in [2.24, 2.45) is 0 Å². The van der Waals surface area contributed by atoms with E-state index < -0.39 is 5.97 Å². The fourth-order valence-corrected chi connectivity index (χ4v) is 2.31. The molecule has 0 heterocycles. The molecule has 5 nitrogen and oxygen atoms in total. The van der Waals surface area contributed by atoms with E-state index in [9.17, 15) is 9.59 Å². The number of benzene rings is 1. The number of carboxylic acids is 1. The number of carboxylic acid groups (broad SMARTS) is 1. The van der Waals surface area contributed by atoms with Gasteiger partial charge in [-0.05, 0) is 49.1 Å². The molecule has 1 saturated carbocycles. The van der Waals surface area contributed by atoms with Crippen molar-refractivity contribution in [3.05, 3.63) is 41.0 Å². The van der Waals surface area contributed by atoms with Crippen LogP contribution in [0.15, 0.2) is 24.3 Å². The molecule has 2 N–H and O–H groups in total.